The van der Waals surface area contributed by atoms with Crippen molar-refractivity contribution in [3.05, 3.63) is 60.7 Å². The molecule has 0 unspecified atom stereocenters. The van der Waals surface area contributed by atoms with Crippen LogP contribution >= 0.6 is 12.4 Å². The Labute approximate surface area is 109 Å². The van der Waals surface area contributed by atoms with Gasteiger partial charge in [-0.2, -0.15) is 0 Å². The summed E-state index contributed by atoms with van der Waals surface area (Å²) >= 11 is 0. The van der Waals surface area contributed by atoms with Crippen molar-refractivity contribution in [3.63, 3.8) is 0 Å². The predicted molar refractivity (Wildman–Crippen MR) is 77.6 cm³/mol. The van der Waals surface area contributed by atoms with E-state index < -0.39 is 0 Å². The van der Waals surface area contributed by atoms with Crippen molar-refractivity contribution in [1.82, 2.24) is 0 Å². The summed E-state index contributed by atoms with van der Waals surface area (Å²) in [5.41, 5.74) is 7.44. The monoisotopic (exact) mass is 247 g/mol. The molecular weight excluding hydrogens is 230 g/mol. The van der Waals surface area contributed by atoms with Gasteiger partial charge in [-0.3, -0.25) is 0 Å². The lowest BCUT2D eigenvalue weighted by Gasteiger charge is -2.13. The van der Waals surface area contributed by atoms with Crippen molar-refractivity contribution in [1.29, 1.82) is 0 Å². The minimum absolute atomic E-state index is 0. The van der Waals surface area contributed by atoms with Gasteiger partial charge in [-0.25, -0.2) is 0 Å². The van der Waals surface area contributed by atoms with Crippen LogP contribution in [0.25, 0.3) is 10.8 Å². The summed E-state index contributed by atoms with van der Waals surface area (Å²) in [4.78, 5) is 0. The number of nitrogens with two attached hydrogens (primary N) is 1. The number of benzene rings is 2. The van der Waals surface area contributed by atoms with Crippen LogP contribution in [0, 0.1) is 0 Å². The molecule has 0 fully saturated rings. The zero-order valence-electron chi connectivity index (χ0n) is 9.80. The summed E-state index contributed by atoms with van der Waals surface area (Å²) in [5.74, 6) is 0. The summed E-state index contributed by atoms with van der Waals surface area (Å²) in [5, 5.41) is 2.52. The normalized spacial score (nSPS) is 11.8. The lowest BCUT2D eigenvalue weighted by Crippen LogP contribution is -2.10. The molecule has 0 heterocycles. The number of rotatable bonds is 4. The minimum Gasteiger partial charge on any atom is -0.324 e. The Balaban J connectivity index is 0.00000144. The fraction of sp³-hybridized carbons (Fsp3) is 0.200. The van der Waals surface area contributed by atoms with E-state index in [2.05, 4.69) is 49.0 Å². The Bertz CT molecular complexity index is 488. The standard InChI is InChI=1S/C15H17N.ClH/c1-2-3-11-15(16)14-10-6-8-12-7-4-5-9-13(12)14;/h2,4-10,15H,1,3,11,16H2;1H/t15-;/m1./s1. The summed E-state index contributed by atoms with van der Waals surface area (Å²) < 4.78 is 0. The number of hydrogen-bond donors (Lipinski definition) is 1. The second-order valence-electron chi connectivity index (χ2n) is 4.04. The van der Waals surface area contributed by atoms with Gasteiger partial charge in [0.2, 0.25) is 0 Å². The van der Waals surface area contributed by atoms with Crippen LogP contribution < -0.4 is 5.73 Å². The van der Waals surface area contributed by atoms with E-state index in [1.54, 1.807) is 0 Å². The van der Waals surface area contributed by atoms with Crippen LogP contribution in [-0.2, 0) is 0 Å². The van der Waals surface area contributed by atoms with Crippen LogP contribution in [0.1, 0.15) is 24.4 Å². The molecule has 0 radical (unpaired) electrons. The predicted octanol–water partition coefficient (Wildman–Crippen LogP) is 4.23. The molecule has 0 bridgehead atoms. The summed E-state index contributed by atoms with van der Waals surface area (Å²) in [6.45, 7) is 3.73. The Morgan fingerprint density at radius 1 is 1.12 bits per heavy atom. The molecule has 1 atom stereocenters. The van der Waals surface area contributed by atoms with Gasteiger partial charge >= 0.3 is 0 Å². The van der Waals surface area contributed by atoms with Gasteiger partial charge in [0.15, 0.2) is 0 Å². The fourth-order valence-corrected chi connectivity index (χ4v) is 2.03. The highest BCUT2D eigenvalue weighted by molar-refractivity contribution is 5.86. The third-order valence-corrected chi connectivity index (χ3v) is 2.90. The molecule has 0 aliphatic heterocycles. The number of fused-ring (bicyclic) bond motifs is 1. The molecule has 0 aliphatic rings. The molecule has 2 rings (SSSR count). The zero-order valence-corrected chi connectivity index (χ0v) is 10.6. The van der Waals surface area contributed by atoms with Crippen molar-refractivity contribution in [2.75, 3.05) is 0 Å². The molecule has 90 valence electrons. The lowest BCUT2D eigenvalue weighted by molar-refractivity contribution is 0.666. The zero-order chi connectivity index (χ0) is 11.4. The van der Waals surface area contributed by atoms with Crippen LogP contribution in [0.5, 0.6) is 0 Å². The highest BCUT2D eigenvalue weighted by Gasteiger charge is 2.08. The van der Waals surface area contributed by atoms with E-state index >= 15 is 0 Å². The Morgan fingerprint density at radius 2 is 1.82 bits per heavy atom. The first-order chi connectivity index (χ1) is 7.83. The molecular formula is C15H18ClN. The minimum atomic E-state index is 0. The first-order valence-electron chi connectivity index (χ1n) is 5.67. The van der Waals surface area contributed by atoms with Crippen LogP contribution in [0.3, 0.4) is 0 Å². The van der Waals surface area contributed by atoms with Gasteiger partial charge in [0, 0.05) is 6.04 Å². The second kappa shape index (κ2) is 6.43. The van der Waals surface area contributed by atoms with Gasteiger partial charge in [-0.05, 0) is 29.2 Å². The number of halogens is 1. The van der Waals surface area contributed by atoms with Crippen LogP contribution in [0.2, 0.25) is 0 Å². The van der Waals surface area contributed by atoms with Gasteiger partial charge in [0.25, 0.3) is 0 Å². The average Bonchev–Trinajstić information content (AvgIpc) is 2.35. The smallest absolute Gasteiger partial charge is 0.0303 e. The Kier molecular flexibility index (Phi) is 5.20. The summed E-state index contributed by atoms with van der Waals surface area (Å²) in [6.07, 6.45) is 3.84. The Morgan fingerprint density at radius 3 is 2.59 bits per heavy atom. The van der Waals surface area contributed by atoms with E-state index in [4.69, 9.17) is 5.73 Å². The highest BCUT2D eigenvalue weighted by Crippen LogP contribution is 2.25. The van der Waals surface area contributed by atoms with E-state index in [1.165, 1.54) is 16.3 Å². The molecule has 17 heavy (non-hydrogen) atoms. The van der Waals surface area contributed by atoms with E-state index in [0.717, 1.165) is 12.8 Å². The van der Waals surface area contributed by atoms with Crippen LogP contribution in [-0.4, -0.2) is 0 Å². The van der Waals surface area contributed by atoms with Crippen molar-refractivity contribution < 1.29 is 0 Å². The van der Waals surface area contributed by atoms with Gasteiger partial charge in [0.1, 0.15) is 0 Å². The lowest BCUT2D eigenvalue weighted by atomic mass is 9.96. The van der Waals surface area contributed by atoms with Crippen LogP contribution in [0.15, 0.2) is 55.1 Å². The number of allylic oxidation sites excluding steroid dienone is 1. The van der Waals surface area contributed by atoms with Crippen molar-refractivity contribution in [3.8, 4) is 0 Å². The molecule has 2 N–H and O–H groups in total. The number of hydrogen-bond acceptors (Lipinski definition) is 1. The van der Waals surface area contributed by atoms with Gasteiger partial charge < -0.3 is 5.73 Å². The maximum absolute atomic E-state index is 6.20. The third kappa shape index (κ3) is 3.09. The Hall–Kier alpha value is -1.31. The van der Waals surface area contributed by atoms with E-state index in [0.29, 0.717) is 0 Å². The first kappa shape index (κ1) is 13.8. The molecule has 2 heteroatoms. The van der Waals surface area contributed by atoms with Gasteiger partial charge in [-0.15, -0.1) is 19.0 Å². The molecule has 0 saturated carbocycles. The molecule has 0 aliphatic carbocycles. The second-order valence-corrected chi connectivity index (χ2v) is 4.04. The maximum atomic E-state index is 6.20. The van der Waals surface area contributed by atoms with Crippen molar-refractivity contribution in [2.45, 2.75) is 18.9 Å². The van der Waals surface area contributed by atoms with Crippen molar-refractivity contribution in [2.24, 2.45) is 5.73 Å². The highest BCUT2D eigenvalue weighted by atomic mass is 35.5. The third-order valence-electron chi connectivity index (χ3n) is 2.90. The average molecular weight is 248 g/mol. The van der Waals surface area contributed by atoms with E-state index in [1.807, 2.05) is 6.08 Å². The molecule has 1 nitrogen and oxygen atoms in total. The summed E-state index contributed by atoms with van der Waals surface area (Å²) in [7, 11) is 0. The molecule has 0 amide bonds. The van der Waals surface area contributed by atoms with E-state index in [9.17, 15) is 0 Å². The molecule has 0 aromatic heterocycles. The first-order valence-corrected chi connectivity index (χ1v) is 5.67. The molecule has 0 saturated heterocycles. The maximum Gasteiger partial charge on any atom is 0.0303 e. The quantitative estimate of drug-likeness (QED) is 0.804. The van der Waals surface area contributed by atoms with Crippen LogP contribution in [0.4, 0.5) is 0 Å². The molecule has 2 aromatic carbocycles. The SMILES string of the molecule is C=CCC[C@@H](N)c1cccc2ccccc12.Cl. The topological polar surface area (TPSA) is 26.0 Å². The van der Waals surface area contributed by atoms with Gasteiger partial charge in [-0.1, -0.05) is 48.5 Å². The van der Waals surface area contributed by atoms with E-state index in [-0.39, 0.29) is 18.4 Å². The fourth-order valence-electron chi connectivity index (χ4n) is 2.03. The molecule has 0 spiro atoms. The largest absolute Gasteiger partial charge is 0.324 e. The van der Waals surface area contributed by atoms with Crippen molar-refractivity contribution >= 4 is 23.2 Å². The molecule has 2 aromatic rings. The van der Waals surface area contributed by atoms with Gasteiger partial charge in [0.05, 0.1) is 0 Å². The summed E-state index contributed by atoms with van der Waals surface area (Å²) in [6, 6.07) is 14.8.